The molecule has 0 aliphatic carbocycles. The van der Waals surface area contributed by atoms with E-state index < -0.39 is 4.92 Å². The summed E-state index contributed by atoms with van der Waals surface area (Å²) in [6.45, 7) is 4.39. The minimum Gasteiger partial charge on any atom is -0.392 e. The first-order valence-electron chi connectivity index (χ1n) is 7.98. The van der Waals surface area contributed by atoms with Gasteiger partial charge in [0.05, 0.1) is 16.0 Å². The molecule has 0 radical (unpaired) electrons. The highest BCUT2D eigenvalue weighted by Gasteiger charge is 2.27. The number of hydrogen-bond donors (Lipinski definition) is 1. The minimum absolute atomic E-state index is 0.0848. The van der Waals surface area contributed by atoms with Crippen LogP contribution in [-0.2, 0) is 0 Å². The Labute approximate surface area is 140 Å². The van der Waals surface area contributed by atoms with E-state index in [1.54, 1.807) is 0 Å². The van der Waals surface area contributed by atoms with Gasteiger partial charge in [-0.25, -0.2) is 4.98 Å². The molecule has 126 valence electrons. The van der Waals surface area contributed by atoms with Crippen molar-refractivity contribution in [1.29, 1.82) is 0 Å². The van der Waals surface area contributed by atoms with Crippen molar-refractivity contribution in [2.45, 2.75) is 25.4 Å². The van der Waals surface area contributed by atoms with Crippen molar-refractivity contribution in [3.63, 3.8) is 0 Å². The van der Waals surface area contributed by atoms with E-state index in [2.05, 4.69) is 14.8 Å². The Morgan fingerprint density at radius 1 is 1.39 bits per heavy atom. The smallest absolute Gasteiger partial charge is 0.289 e. The lowest BCUT2D eigenvalue weighted by Crippen LogP contribution is -2.41. The standard InChI is InChI=1S/C15H21ClN4O3/c16-14-6-12(20(22)23)7-17-15(14)19-4-1-2-11(9-19)8-18-5-3-13(21)10-18/h6-7,11,13,21H,1-5,8-10H2/t11-,13+/m1/s1. The summed E-state index contributed by atoms with van der Waals surface area (Å²) in [5, 5.41) is 20.7. The van der Waals surface area contributed by atoms with Crippen LogP contribution in [-0.4, -0.2) is 58.7 Å². The molecule has 3 rings (SSSR count). The molecule has 7 nitrogen and oxygen atoms in total. The molecular weight excluding hydrogens is 320 g/mol. The van der Waals surface area contributed by atoms with E-state index in [0.29, 0.717) is 16.8 Å². The highest BCUT2D eigenvalue weighted by molar-refractivity contribution is 6.33. The van der Waals surface area contributed by atoms with Crippen LogP contribution in [0.4, 0.5) is 11.5 Å². The third kappa shape index (κ3) is 3.91. The maximum absolute atomic E-state index is 10.8. The number of aliphatic hydroxyl groups is 1. The van der Waals surface area contributed by atoms with Crippen molar-refractivity contribution in [2.75, 3.05) is 37.6 Å². The minimum atomic E-state index is -0.486. The number of nitro groups is 1. The first kappa shape index (κ1) is 16.4. The van der Waals surface area contributed by atoms with Crippen molar-refractivity contribution < 1.29 is 10.0 Å². The SMILES string of the molecule is O=[N+]([O-])c1cnc(N2CCC[C@H](CN3CC[C@H](O)C3)C2)c(Cl)c1. The summed E-state index contributed by atoms with van der Waals surface area (Å²) in [7, 11) is 0. The second-order valence-corrected chi connectivity index (χ2v) is 6.82. The molecule has 2 aliphatic heterocycles. The molecule has 0 amide bonds. The van der Waals surface area contributed by atoms with E-state index in [4.69, 9.17) is 11.6 Å². The summed E-state index contributed by atoms with van der Waals surface area (Å²) in [6, 6.07) is 1.37. The Kier molecular flexibility index (Phi) is 4.99. The zero-order valence-corrected chi connectivity index (χ0v) is 13.7. The van der Waals surface area contributed by atoms with E-state index in [1.807, 2.05) is 0 Å². The van der Waals surface area contributed by atoms with E-state index in [-0.39, 0.29) is 11.8 Å². The van der Waals surface area contributed by atoms with Crippen LogP contribution < -0.4 is 4.90 Å². The van der Waals surface area contributed by atoms with Gasteiger partial charge < -0.3 is 14.9 Å². The van der Waals surface area contributed by atoms with Crippen LogP contribution >= 0.6 is 11.6 Å². The predicted molar refractivity (Wildman–Crippen MR) is 87.9 cm³/mol. The van der Waals surface area contributed by atoms with Crippen molar-refractivity contribution in [1.82, 2.24) is 9.88 Å². The Morgan fingerprint density at radius 3 is 2.87 bits per heavy atom. The maximum atomic E-state index is 10.8. The van der Waals surface area contributed by atoms with Crippen molar-refractivity contribution in [3.05, 3.63) is 27.4 Å². The number of nitrogens with zero attached hydrogens (tertiary/aromatic N) is 4. The maximum Gasteiger partial charge on any atom is 0.289 e. The molecule has 2 saturated heterocycles. The summed E-state index contributed by atoms with van der Waals surface area (Å²) in [6.07, 6.45) is 4.12. The first-order chi connectivity index (χ1) is 11.0. The lowest BCUT2D eigenvalue weighted by Gasteiger charge is -2.35. The zero-order valence-electron chi connectivity index (χ0n) is 12.9. The zero-order chi connectivity index (χ0) is 16.4. The molecule has 0 saturated carbocycles. The van der Waals surface area contributed by atoms with Gasteiger partial charge in [-0.1, -0.05) is 11.6 Å². The van der Waals surface area contributed by atoms with Gasteiger partial charge in [0.1, 0.15) is 12.0 Å². The van der Waals surface area contributed by atoms with Crippen LogP contribution in [0.2, 0.25) is 5.02 Å². The molecule has 1 aromatic heterocycles. The summed E-state index contributed by atoms with van der Waals surface area (Å²) in [4.78, 5) is 18.9. The molecule has 0 aromatic carbocycles. The topological polar surface area (TPSA) is 82.7 Å². The van der Waals surface area contributed by atoms with Crippen molar-refractivity contribution >= 4 is 23.1 Å². The molecule has 3 heterocycles. The number of β-amino-alcohol motifs (C(OH)–C–C–N with tert-alkyl or cyclic N) is 1. The Balaban J connectivity index is 1.65. The third-order valence-corrected chi connectivity index (χ3v) is 4.88. The van der Waals surface area contributed by atoms with Gasteiger partial charge in [-0.2, -0.15) is 0 Å². The number of pyridine rings is 1. The summed E-state index contributed by atoms with van der Waals surface area (Å²) in [5.41, 5.74) is -0.0848. The second kappa shape index (κ2) is 6.98. The Bertz CT molecular complexity index is 586. The van der Waals surface area contributed by atoms with Crippen molar-refractivity contribution in [3.8, 4) is 0 Å². The van der Waals surface area contributed by atoms with Crippen molar-refractivity contribution in [2.24, 2.45) is 5.92 Å². The fourth-order valence-corrected chi connectivity index (χ4v) is 3.78. The van der Waals surface area contributed by atoms with Crippen LogP contribution in [0, 0.1) is 16.0 Å². The van der Waals surface area contributed by atoms with E-state index in [0.717, 1.165) is 52.0 Å². The van der Waals surface area contributed by atoms with Gasteiger partial charge in [0, 0.05) is 38.8 Å². The average Bonchev–Trinajstić information content (AvgIpc) is 2.92. The lowest BCUT2D eigenvalue weighted by atomic mass is 9.97. The summed E-state index contributed by atoms with van der Waals surface area (Å²) >= 11 is 6.19. The highest BCUT2D eigenvalue weighted by atomic mass is 35.5. The molecule has 2 aliphatic rings. The van der Waals surface area contributed by atoms with Gasteiger partial charge >= 0.3 is 0 Å². The Hall–Kier alpha value is -1.44. The van der Waals surface area contributed by atoms with Crippen LogP contribution in [0.1, 0.15) is 19.3 Å². The summed E-state index contributed by atoms with van der Waals surface area (Å²) < 4.78 is 0. The molecule has 0 unspecified atom stereocenters. The number of aromatic nitrogens is 1. The lowest BCUT2D eigenvalue weighted by molar-refractivity contribution is -0.385. The number of anilines is 1. The number of piperidine rings is 1. The normalized spacial score (nSPS) is 25.7. The molecule has 1 aromatic rings. The molecule has 2 atom stereocenters. The molecule has 0 bridgehead atoms. The monoisotopic (exact) mass is 340 g/mol. The quantitative estimate of drug-likeness (QED) is 0.666. The molecular formula is C15H21ClN4O3. The average molecular weight is 341 g/mol. The van der Waals surface area contributed by atoms with Gasteiger partial charge in [-0.15, -0.1) is 0 Å². The van der Waals surface area contributed by atoms with Gasteiger partial charge in [0.15, 0.2) is 0 Å². The molecule has 0 spiro atoms. The van der Waals surface area contributed by atoms with Crippen LogP contribution in [0.3, 0.4) is 0 Å². The number of hydrogen-bond acceptors (Lipinski definition) is 6. The highest BCUT2D eigenvalue weighted by Crippen LogP contribution is 2.30. The van der Waals surface area contributed by atoms with Gasteiger partial charge in [-0.3, -0.25) is 10.1 Å². The van der Waals surface area contributed by atoms with Gasteiger partial charge in [-0.05, 0) is 25.2 Å². The number of aliphatic hydroxyl groups excluding tert-OH is 1. The molecule has 23 heavy (non-hydrogen) atoms. The number of halogens is 1. The predicted octanol–water partition coefficient (Wildman–Crippen LogP) is 1.93. The number of likely N-dealkylation sites (tertiary alicyclic amines) is 1. The van der Waals surface area contributed by atoms with Crippen LogP contribution in [0.5, 0.6) is 0 Å². The van der Waals surface area contributed by atoms with Crippen LogP contribution in [0.15, 0.2) is 12.3 Å². The third-order valence-electron chi connectivity index (χ3n) is 4.60. The summed E-state index contributed by atoms with van der Waals surface area (Å²) in [5.74, 6) is 1.13. The fourth-order valence-electron chi connectivity index (χ4n) is 3.50. The Morgan fingerprint density at radius 2 is 2.22 bits per heavy atom. The van der Waals surface area contributed by atoms with E-state index in [1.165, 1.54) is 12.3 Å². The first-order valence-corrected chi connectivity index (χ1v) is 8.36. The second-order valence-electron chi connectivity index (χ2n) is 6.41. The molecule has 2 fully saturated rings. The van der Waals surface area contributed by atoms with Gasteiger partial charge in [0.25, 0.3) is 5.69 Å². The fraction of sp³-hybridized carbons (Fsp3) is 0.667. The van der Waals surface area contributed by atoms with E-state index >= 15 is 0 Å². The van der Waals surface area contributed by atoms with Crippen LogP contribution in [0.25, 0.3) is 0 Å². The van der Waals surface area contributed by atoms with Gasteiger partial charge in [0.2, 0.25) is 0 Å². The largest absolute Gasteiger partial charge is 0.392 e. The van der Waals surface area contributed by atoms with E-state index in [9.17, 15) is 15.2 Å². The molecule has 8 heteroatoms. The number of rotatable bonds is 4. The molecule has 1 N–H and O–H groups in total.